The Hall–Kier alpha value is -1.04. The molecule has 106 valence electrons. The summed E-state index contributed by atoms with van der Waals surface area (Å²) >= 11 is 5.94. The van der Waals surface area contributed by atoms with Gasteiger partial charge >= 0.3 is 0 Å². The van der Waals surface area contributed by atoms with Crippen molar-refractivity contribution < 1.29 is 14.6 Å². The maximum absolute atomic E-state index is 12.1. The predicted octanol–water partition coefficient (Wildman–Crippen LogP) is 1.60. The van der Waals surface area contributed by atoms with E-state index in [9.17, 15) is 9.90 Å². The number of amides is 1. The van der Waals surface area contributed by atoms with Gasteiger partial charge in [0.15, 0.2) is 0 Å². The number of aliphatic hydroxyl groups is 1. The number of ether oxygens (including phenoxy) is 1. The lowest BCUT2D eigenvalue weighted by molar-refractivity contribution is 0.0263. The van der Waals surface area contributed by atoms with Crippen molar-refractivity contribution in [3.8, 4) is 0 Å². The van der Waals surface area contributed by atoms with Crippen LogP contribution in [0, 0.1) is 0 Å². The third-order valence-electron chi connectivity index (χ3n) is 3.26. The normalized spacial score (nSPS) is 23.0. The Kier molecular flexibility index (Phi) is 4.18. The summed E-state index contributed by atoms with van der Waals surface area (Å²) in [4.78, 5) is 12.1. The summed E-state index contributed by atoms with van der Waals surface area (Å²) < 4.78 is 6.95. The molecular formula is C13H19ClN2O3. The van der Waals surface area contributed by atoms with Crippen LogP contribution in [0.5, 0.6) is 0 Å². The zero-order valence-electron chi connectivity index (χ0n) is 11.1. The minimum atomic E-state index is -0.950. The van der Waals surface area contributed by atoms with E-state index in [-0.39, 0.29) is 25.1 Å². The summed E-state index contributed by atoms with van der Waals surface area (Å²) in [5, 5.41) is 13.4. The molecule has 1 atom stereocenters. The molecule has 0 radical (unpaired) electrons. The Morgan fingerprint density at radius 3 is 3.00 bits per heavy atom. The fraction of sp³-hybridized carbons (Fsp3) is 0.615. The minimum Gasteiger partial charge on any atom is -0.386 e. The Morgan fingerprint density at radius 2 is 2.42 bits per heavy atom. The first-order chi connectivity index (χ1) is 8.91. The van der Waals surface area contributed by atoms with Crippen molar-refractivity contribution in [2.75, 3.05) is 19.8 Å². The van der Waals surface area contributed by atoms with Crippen LogP contribution in [0.4, 0.5) is 0 Å². The van der Waals surface area contributed by atoms with E-state index in [1.165, 1.54) is 0 Å². The van der Waals surface area contributed by atoms with Crippen molar-refractivity contribution >= 4 is 17.5 Å². The summed E-state index contributed by atoms with van der Waals surface area (Å²) in [6, 6.07) is 1.78. The number of nitrogens with zero attached hydrogens (tertiary/aromatic N) is 1. The second-order valence-electron chi connectivity index (χ2n) is 5.25. The summed E-state index contributed by atoms with van der Waals surface area (Å²) in [6.45, 7) is 4.93. The molecule has 0 aromatic carbocycles. The van der Waals surface area contributed by atoms with Crippen molar-refractivity contribution in [1.29, 1.82) is 0 Å². The van der Waals surface area contributed by atoms with E-state index in [0.717, 1.165) is 0 Å². The van der Waals surface area contributed by atoms with E-state index in [2.05, 4.69) is 5.32 Å². The Balaban J connectivity index is 2.03. The molecule has 1 unspecified atom stereocenters. The summed E-state index contributed by atoms with van der Waals surface area (Å²) in [5.41, 5.74) is -0.447. The van der Waals surface area contributed by atoms with Gasteiger partial charge in [0.05, 0.1) is 11.6 Å². The van der Waals surface area contributed by atoms with Crippen molar-refractivity contribution in [3.63, 3.8) is 0 Å². The van der Waals surface area contributed by atoms with E-state index >= 15 is 0 Å². The molecule has 1 amide bonds. The summed E-state index contributed by atoms with van der Waals surface area (Å²) in [7, 11) is 0. The number of nitrogens with one attached hydrogen (secondary N) is 1. The first kappa shape index (κ1) is 14.4. The molecule has 5 nitrogen and oxygen atoms in total. The molecule has 1 fully saturated rings. The summed E-state index contributed by atoms with van der Waals surface area (Å²) in [6.07, 6.45) is 2.27. The monoisotopic (exact) mass is 286 g/mol. The van der Waals surface area contributed by atoms with Crippen LogP contribution < -0.4 is 5.32 Å². The smallest absolute Gasteiger partial charge is 0.268 e. The molecule has 0 aliphatic carbocycles. The van der Waals surface area contributed by atoms with Crippen LogP contribution in [0.2, 0.25) is 5.02 Å². The van der Waals surface area contributed by atoms with Crippen LogP contribution in [0.25, 0.3) is 0 Å². The van der Waals surface area contributed by atoms with Crippen molar-refractivity contribution in [2.24, 2.45) is 0 Å². The predicted molar refractivity (Wildman–Crippen MR) is 72.5 cm³/mol. The molecule has 1 aromatic heterocycles. The maximum atomic E-state index is 12.1. The van der Waals surface area contributed by atoms with Gasteiger partial charge in [0.2, 0.25) is 0 Å². The van der Waals surface area contributed by atoms with Gasteiger partial charge < -0.3 is 19.7 Å². The van der Waals surface area contributed by atoms with Crippen molar-refractivity contribution in [3.05, 3.63) is 23.0 Å². The number of carbonyl (C=O) groups excluding carboxylic acids is 1. The van der Waals surface area contributed by atoms with Gasteiger partial charge in [0.1, 0.15) is 11.3 Å². The number of aromatic nitrogens is 1. The zero-order valence-corrected chi connectivity index (χ0v) is 11.9. The lowest BCUT2D eigenvalue weighted by Crippen LogP contribution is -2.43. The third kappa shape index (κ3) is 3.29. The Bertz CT molecular complexity index is 464. The molecule has 19 heavy (non-hydrogen) atoms. The van der Waals surface area contributed by atoms with Crippen LogP contribution in [0.1, 0.15) is 36.8 Å². The van der Waals surface area contributed by atoms with Gasteiger partial charge in [-0.2, -0.15) is 0 Å². The number of hydrogen-bond acceptors (Lipinski definition) is 3. The second-order valence-corrected chi connectivity index (χ2v) is 5.69. The molecule has 0 saturated carbocycles. The lowest BCUT2D eigenvalue weighted by Gasteiger charge is -2.21. The molecule has 1 aliphatic rings. The fourth-order valence-corrected chi connectivity index (χ4v) is 2.33. The van der Waals surface area contributed by atoms with E-state index in [4.69, 9.17) is 16.3 Å². The van der Waals surface area contributed by atoms with Gasteiger partial charge in [-0.15, -0.1) is 0 Å². The standard InChI is InChI=1S/C13H19ClN2O3/c1-9(2)16-6-10(14)5-11(16)12(17)15-7-13(18)3-4-19-8-13/h5-6,9,18H,3-4,7-8H2,1-2H3,(H,15,17). The van der Waals surface area contributed by atoms with Crippen LogP contribution in [-0.2, 0) is 4.74 Å². The highest BCUT2D eigenvalue weighted by atomic mass is 35.5. The molecule has 1 saturated heterocycles. The number of carbonyl (C=O) groups is 1. The highest BCUT2D eigenvalue weighted by molar-refractivity contribution is 6.31. The van der Waals surface area contributed by atoms with Gasteiger partial charge in [0.25, 0.3) is 5.91 Å². The molecule has 0 bridgehead atoms. The Morgan fingerprint density at radius 1 is 1.68 bits per heavy atom. The summed E-state index contributed by atoms with van der Waals surface area (Å²) in [5.74, 6) is -0.235. The van der Waals surface area contributed by atoms with E-state index in [0.29, 0.717) is 23.7 Å². The largest absolute Gasteiger partial charge is 0.386 e. The minimum absolute atomic E-state index is 0.145. The molecule has 2 heterocycles. The first-order valence-corrected chi connectivity index (χ1v) is 6.75. The van der Waals surface area contributed by atoms with E-state index < -0.39 is 5.60 Å². The van der Waals surface area contributed by atoms with E-state index in [1.807, 2.05) is 18.4 Å². The molecule has 6 heteroatoms. The molecule has 0 spiro atoms. The number of hydrogen-bond donors (Lipinski definition) is 2. The number of rotatable bonds is 4. The first-order valence-electron chi connectivity index (χ1n) is 6.37. The topological polar surface area (TPSA) is 63.5 Å². The SMILES string of the molecule is CC(C)n1cc(Cl)cc1C(=O)NCC1(O)CCOC1. The van der Waals surface area contributed by atoms with Crippen molar-refractivity contribution in [1.82, 2.24) is 9.88 Å². The average Bonchev–Trinajstić information content (AvgIpc) is 2.93. The van der Waals surface area contributed by atoms with Gasteiger partial charge in [0, 0.05) is 31.8 Å². The second kappa shape index (κ2) is 5.53. The highest BCUT2D eigenvalue weighted by Crippen LogP contribution is 2.20. The maximum Gasteiger partial charge on any atom is 0.268 e. The van der Waals surface area contributed by atoms with Crippen LogP contribution in [0.15, 0.2) is 12.3 Å². The van der Waals surface area contributed by atoms with Crippen molar-refractivity contribution in [2.45, 2.75) is 31.9 Å². The van der Waals surface area contributed by atoms with Gasteiger partial charge in [-0.05, 0) is 19.9 Å². The molecule has 1 aliphatic heterocycles. The fourth-order valence-electron chi connectivity index (χ4n) is 2.13. The van der Waals surface area contributed by atoms with Gasteiger partial charge in [-0.1, -0.05) is 11.6 Å². The van der Waals surface area contributed by atoms with Crippen LogP contribution in [0.3, 0.4) is 0 Å². The van der Waals surface area contributed by atoms with Gasteiger partial charge in [-0.25, -0.2) is 0 Å². The Labute approximate surface area is 117 Å². The number of halogens is 1. The average molecular weight is 287 g/mol. The quantitative estimate of drug-likeness (QED) is 0.884. The zero-order chi connectivity index (χ0) is 14.0. The van der Waals surface area contributed by atoms with E-state index in [1.54, 1.807) is 12.3 Å². The molecule has 1 aromatic rings. The van der Waals surface area contributed by atoms with Gasteiger partial charge in [-0.3, -0.25) is 4.79 Å². The molecular weight excluding hydrogens is 268 g/mol. The lowest BCUT2D eigenvalue weighted by atomic mass is 10.0. The highest BCUT2D eigenvalue weighted by Gasteiger charge is 2.32. The molecule has 2 rings (SSSR count). The van der Waals surface area contributed by atoms with Crippen LogP contribution in [-0.4, -0.2) is 40.9 Å². The third-order valence-corrected chi connectivity index (χ3v) is 3.47. The van der Waals surface area contributed by atoms with Crippen LogP contribution >= 0.6 is 11.6 Å². The molecule has 2 N–H and O–H groups in total.